The zero-order valence-electron chi connectivity index (χ0n) is 9.04. The van der Waals surface area contributed by atoms with E-state index in [1.165, 1.54) is 6.33 Å². The predicted molar refractivity (Wildman–Crippen MR) is 61.3 cm³/mol. The minimum absolute atomic E-state index is 0.314. The average molecular weight is 229 g/mol. The Bertz CT molecular complexity index is 474. The normalized spacial score (nSPS) is 9.65. The molecular weight excluding hydrogens is 218 g/mol. The van der Waals surface area contributed by atoms with E-state index in [0.717, 1.165) is 5.69 Å². The van der Waals surface area contributed by atoms with Gasteiger partial charge in [-0.1, -0.05) is 18.2 Å². The molecule has 0 saturated heterocycles. The van der Waals surface area contributed by atoms with Crippen LogP contribution >= 0.6 is 0 Å². The van der Waals surface area contributed by atoms with Crippen LogP contribution in [0.5, 0.6) is 5.75 Å². The van der Waals surface area contributed by atoms with Crippen molar-refractivity contribution in [3.63, 3.8) is 0 Å². The van der Waals surface area contributed by atoms with Gasteiger partial charge in [-0.3, -0.25) is 0 Å². The van der Waals surface area contributed by atoms with Crippen molar-refractivity contribution in [1.82, 2.24) is 15.3 Å². The SMILES string of the molecule is O=C(NCc1ccncn1)Oc1ccccc1. The van der Waals surface area contributed by atoms with E-state index < -0.39 is 6.09 Å². The Morgan fingerprint density at radius 3 is 2.76 bits per heavy atom. The smallest absolute Gasteiger partial charge is 0.410 e. The fourth-order valence-electron chi connectivity index (χ4n) is 1.22. The molecule has 0 aliphatic rings. The Morgan fingerprint density at radius 2 is 2.06 bits per heavy atom. The summed E-state index contributed by atoms with van der Waals surface area (Å²) in [6, 6.07) is 10.6. The highest BCUT2D eigenvalue weighted by Gasteiger charge is 2.03. The molecule has 86 valence electrons. The van der Waals surface area contributed by atoms with Crippen LogP contribution in [0.2, 0.25) is 0 Å². The summed E-state index contributed by atoms with van der Waals surface area (Å²) in [7, 11) is 0. The Kier molecular flexibility index (Phi) is 3.64. The lowest BCUT2D eigenvalue weighted by Gasteiger charge is -2.05. The first-order chi connectivity index (χ1) is 8.34. The maximum atomic E-state index is 11.4. The van der Waals surface area contributed by atoms with Crippen molar-refractivity contribution < 1.29 is 9.53 Å². The van der Waals surface area contributed by atoms with Gasteiger partial charge < -0.3 is 10.1 Å². The molecule has 0 bridgehead atoms. The third-order valence-electron chi connectivity index (χ3n) is 2.01. The van der Waals surface area contributed by atoms with E-state index in [1.54, 1.807) is 36.5 Å². The van der Waals surface area contributed by atoms with Crippen molar-refractivity contribution in [2.45, 2.75) is 6.54 Å². The largest absolute Gasteiger partial charge is 0.412 e. The molecule has 0 aliphatic heterocycles. The van der Waals surface area contributed by atoms with Crippen LogP contribution in [0, 0.1) is 0 Å². The van der Waals surface area contributed by atoms with E-state index >= 15 is 0 Å². The van der Waals surface area contributed by atoms with E-state index in [9.17, 15) is 4.79 Å². The number of benzene rings is 1. The summed E-state index contributed by atoms with van der Waals surface area (Å²) in [5.74, 6) is 0.507. The second-order valence-corrected chi connectivity index (χ2v) is 3.26. The topological polar surface area (TPSA) is 64.1 Å². The van der Waals surface area contributed by atoms with Gasteiger partial charge in [-0.15, -0.1) is 0 Å². The van der Waals surface area contributed by atoms with Gasteiger partial charge in [0.25, 0.3) is 0 Å². The number of carbonyl (C=O) groups excluding carboxylic acids is 1. The molecule has 0 fully saturated rings. The Balaban J connectivity index is 1.83. The average Bonchev–Trinajstić information content (AvgIpc) is 2.39. The molecule has 0 aliphatic carbocycles. The number of carbonyl (C=O) groups is 1. The van der Waals surface area contributed by atoms with E-state index in [2.05, 4.69) is 15.3 Å². The molecule has 2 rings (SSSR count). The summed E-state index contributed by atoms with van der Waals surface area (Å²) in [6.07, 6.45) is 2.54. The fraction of sp³-hybridized carbons (Fsp3) is 0.0833. The molecule has 1 aromatic carbocycles. The van der Waals surface area contributed by atoms with Crippen LogP contribution in [0.1, 0.15) is 5.69 Å². The monoisotopic (exact) mass is 229 g/mol. The first-order valence-electron chi connectivity index (χ1n) is 5.10. The van der Waals surface area contributed by atoms with Crippen molar-refractivity contribution >= 4 is 6.09 Å². The molecule has 5 nitrogen and oxygen atoms in total. The Labute approximate surface area is 98.5 Å². The molecule has 2 aromatic rings. The van der Waals surface area contributed by atoms with Crippen molar-refractivity contribution in [2.24, 2.45) is 0 Å². The maximum Gasteiger partial charge on any atom is 0.412 e. The minimum atomic E-state index is -0.505. The van der Waals surface area contributed by atoms with E-state index in [4.69, 9.17) is 4.74 Å². The van der Waals surface area contributed by atoms with Crippen molar-refractivity contribution in [3.8, 4) is 5.75 Å². The third-order valence-corrected chi connectivity index (χ3v) is 2.01. The number of nitrogens with zero attached hydrogens (tertiary/aromatic N) is 2. The number of nitrogens with one attached hydrogen (secondary N) is 1. The van der Waals surface area contributed by atoms with Gasteiger partial charge in [0.1, 0.15) is 12.1 Å². The van der Waals surface area contributed by atoms with E-state index in [0.29, 0.717) is 12.3 Å². The van der Waals surface area contributed by atoms with E-state index in [-0.39, 0.29) is 0 Å². The lowest BCUT2D eigenvalue weighted by Crippen LogP contribution is -2.26. The lowest BCUT2D eigenvalue weighted by atomic mass is 10.3. The summed E-state index contributed by atoms with van der Waals surface area (Å²) in [6.45, 7) is 0.314. The van der Waals surface area contributed by atoms with Crippen molar-refractivity contribution in [3.05, 3.63) is 54.6 Å². The summed E-state index contributed by atoms with van der Waals surface area (Å²) in [5, 5.41) is 2.60. The standard InChI is InChI=1S/C12H11N3O2/c16-12(17-11-4-2-1-3-5-11)14-8-10-6-7-13-9-15-10/h1-7,9H,8H2,(H,14,16). The van der Waals surface area contributed by atoms with E-state index in [1.807, 2.05) is 6.07 Å². The first kappa shape index (κ1) is 11.1. The number of hydrogen-bond acceptors (Lipinski definition) is 4. The zero-order valence-corrected chi connectivity index (χ0v) is 9.04. The number of para-hydroxylation sites is 1. The molecule has 0 saturated carbocycles. The number of rotatable bonds is 3. The number of aromatic nitrogens is 2. The maximum absolute atomic E-state index is 11.4. The predicted octanol–water partition coefficient (Wildman–Crippen LogP) is 1.77. The summed E-state index contributed by atoms with van der Waals surface area (Å²) in [4.78, 5) is 19.2. The van der Waals surface area contributed by atoms with Gasteiger partial charge in [0, 0.05) is 6.20 Å². The quantitative estimate of drug-likeness (QED) is 0.871. The minimum Gasteiger partial charge on any atom is -0.410 e. The molecule has 5 heteroatoms. The lowest BCUT2D eigenvalue weighted by molar-refractivity contribution is 0.200. The van der Waals surface area contributed by atoms with Gasteiger partial charge in [0.05, 0.1) is 12.2 Å². The van der Waals surface area contributed by atoms with Crippen molar-refractivity contribution in [2.75, 3.05) is 0 Å². The molecule has 17 heavy (non-hydrogen) atoms. The summed E-state index contributed by atoms with van der Waals surface area (Å²) < 4.78 is 5.04. The van der Waals surface area contributed by atoms with Gasteiger partial charge in [0.15, 0.2) is 0 Å². The van der Waals surface area contributed by atoms with Gasteiger partial charge in [0.2, 0.25) is 0 Å². The van der Waals surface area contributed by atoms with Gasteiger partial charge in [-0.05, 0) is 18.2 Å². The highest BCUT2D eigenvalue weighted by Crippen LogP contribution is 2.08. The van der Waals surface area contributed by atoms with Gasteiger partial charge in [-0.25, -0.2) is 14.8 Å². The van der Waals surface area contributed by atoms with Crippen LogP contribution in [-0.2, 0) is 6.54 Å². The second kappa shape index (κ2) is 5.60. The van der Waals surface area contributed by atoms with Gasteiger partial charge in [-0.2, -0.15) is 0 Å². The molecule has 0 radical (unpaired) electrons. The first-order valence-corrected chi connectivity index (χ1v) is 5.10. The van der Waals surface area contributed by atoms with Crippen LogP contribution in [-0.4, -0.2) is 16.1 Å². The number of amides is 1. The second-order valence-electron chi connectivity index (χ2n) is 3.26. The Hall–Kier alpha value is -2.43. The number of ether oxygens (including phenoxy) is 1. The molecule has 0 atom stereocenters. The van der Waals surface area contributed by atoms with Crippen molar-refractivity contribution in [1.29, 1.82) is 0 Å². The van der Waals surface area contributed by atoms with Crippen LogP contribution in [0.15, 0.2) is 48.9 Å². The molecule has 1 N–H and O–H groups in total. The highest BCUT2D eigenvalue weighted by molar-refractivity contribution is 5.70. The highest BCUT2D eigenvalue weighted by atomic mass is 16.5. The van der Waals surface area contributed by atoms with Gasteiger partial charge >= 0.3 is 6.09 Å². The molecule has 0 unspecified atom stereocenters. The van der Waals surface area contributed by atoms with Crippen LogP contribution in [0.25, 0.3) is 0 Å². The fourth-order valence-corrected chi connectivity index (χ4v) is 1.22. The number of hydrogen-bond donors (Lipinski definition) is 1. The summed E-state index contributed by atoms with van der Waals surface area (Å²) >= 11 is 0. The molecule has 1 aromatic heterocycles. The van der Waals surface area contributed by atoms with Crippen LogP contribution in [0.4, 0.5) is 4.79 Å². The Morgan fingerprint density at radius 1 is 1.24 bits per heavy atom. The molecule has 1 amide bonds. The third kappa shape index (κ3) is 3.57. The van der Waals surface area contributed by atoms with Crippen LogP contribution < -0.4 is 10.1 Å². The molecule has 1 heterocycles. The molecular formula is C12H11N3O2. The zero-order chi connectivity index (χ0) is 11.9. The molecule has 0 spiro atoms. The van der Waals surface area contributed by atoms with Crippen LogP contribution in [0.3, 0.4) is 0 Å². The summed E-state index contributed by atoms with van der Waals surface area (Å²) in [5.41, 5.74) is 0.727.